The SMILES string of the molecule is Nc1nc2c(ccn2CCN2CCN(c3ccc(F)cc3F)CC2)c2nc(-c3cccs3)nn12. The van der Waals surface area contributed by atoms with Crippen molar-refractivity contribution in [2.75, 3.05) is 43.4 Å². The first-order valence-corrected chi connectivity index (χ1v) is 11.9. The summed E-state index contributed by atoms with van der Waals surface area (Å²) in [5.41, 5.74) is 8.15. The van der Waals surface area contributed by atoms with Gasteiger partial charge in [0.2, 0.25) is 5.95 Å². The van der Waals surface area contributed by atoms with Gasteiger partial charge in [0.05, 0.1) is 16.0 Å². The van der Waals surface area contributed by atoms with Crippen LogP contribution in [-0.4, -0.2) is 61.8 Å². The molecular formula is C23H22F2N8S. The summed E-state index contributed by atoms with van der Waals surface area (Å²) in [6.07, 6.45) is 2.00. The number of anilines is 2. The second-order valence-electron chi connectivity index (χ2n) is 8.29. The molecule has 0 amide bonds. The van der Waals surface area contributed by atoms with Gasteiger partial charge in [-0.25, -0.2) is 13.8 Å². The monoisotopic (exact) mass is 480 g/mol. The molecule has 8 nitrogen and oxygen atoms in total. The van der Waals surface area contributed by atoms with Gasteiger partial charge >= 0.3 is 0 Å². The topological polar surface area (TPSA) is 80.5 Å². The number of aromatic nitrogens is 5. The van der Waals surface area contributed by atoms with Gasteiger partial charge in [-0.15, -0.1) is 16.4 Å². The van der Waals surface area contributed by atoms with Crippen LogP contribution in [0, 0.1) is 11.6 Å². The van der Waals surface area contributed by atoms with Gasteiger partial charge in [-0.05, 0) is 29.6 Å². The third kappa shape index (κ3) is 3.66. The van der Waals surface area contributed by atoms with Crippen molar-refractivity contribution in [3.63, 3.8) is 0 Å². The number of rotatable bonds is 5. The number of thiophene rings is 1. The number of halogens is 2. The van der Waals surface area contributed by atoms with Crippen LogP contribution in [0.4, 0.5) is 20.4 Å². The first kappa shape index (κ1) is 21.0. The highest BCUT2D eigenvalue weighted by atomic mass is 32.1. The zero-order valence-electron chi connectivity index (χ0n) is 18.2. The molecule has 0 atom stereocenters. The van der Waals surface area contributed by atoms with Crippen LogP contribution in [0.15, 0.2) is 48.0 Å². The molecule has 1 aliphatic rings. The highest BCUT2D eigenvalue weighted by Gasteiger charge is 2.21. The molecule has 2 N–H and O–H groups in total. The molecule has 11 heteroatoms. The van der Waals surface area contributed by atoms with Crippen LogP contribution in [0.2, 0.25) is 0 Å². The van der Waals surface area contributed by atoms with E-state index in [4.69, 9.17) is 10.7 Å². The predicted molar refractivity (Wildman–Crippen MR) is 129 cm³/mol. The summed E-state index contributed by atoms with van der Waals surface area (Å²) >= 11 is 1.58. The smallest absolute Gasteiger partial charge is 0.225 e. The van der Waals surface area contributed by atoms with Gasteiger partial charge in [0, 0.05) is 51.5 Å². The molecule has 34 heavy (non-hydrogen) atoms. The zero-order valence-corrected chi connectivity index (χ0v) is 19.0. The third-order valence-corrected chi connectivity index (χ3v) is 7.11. The van der Waals surface area contributed by atoms with E-state index in [1.165, 1.54) is 12.1 Å². The van der Waals surface area contributed by atoms with Crippen molar-refractivity contribution >= 4 is 39.7 Å². The fourth-order valence-electron chi connectivity index (χ4n) is 4.46. The molecule has 5 aromatic rings. The Morgan fingerprint density at radius 1 is 0.971 bits per heavy atom. The van der Waals surface area contributed by atoms with Crippen LogP contribution in [0.1, 0.15) is 0 Å². The molecule has 174 valence electrons. The summed E-state index contributed by atoms with van der Waals surface area (Å²) in [7, 11) is 0. The van der Waals surface area contributed by atoms with Gasteiger partial charge in [-0.3, -0.25) is 4.90 Å². The van der Waals surface area contributed by atoms with E-state index >= 15 is 0 Å². The van der Waals surface area contributed by atoms with Crippen LogP contribution in [0.5, 0.6) is 0 Å². The van der Waals surface area contributed by atoms with Crippen LogP contribution < -0.4 is 10.6 Å². The van der Waals surface area contributed by atoms with E-state index in [1.807, 2.05) is 34.7 Å². The average Bonchev–Trinajstić information content (AvgIpc) is 3.58. The molecule has 4 aromatic heterocycles. The molecule has 0 saturated carbocycles. The van der Waals surface area contributed by atoms with E-state index in [0.717, 1.165) is 48.2 Å². The summed E-state index contributed by atoms with van der Waals surface area (Å²) in [5.74, 6) is -0.135. The molecule has 1 fully saturated rings. The Hall–Kier alpha value is -3.57. The number of piperazine rings is 1. The van der Waals surface area contributed by atoms with Crippen molar-refractivity contribution in [2.45, 2.75) is 6.54 Å². The molecule has 6 rings (SSSR count). The number of nitrogen functional groups attached to an aromatic ring is 1. The molecule has 1 aliphatic heterocycles. The van der Waals surface area contributed by atoms with Crippen molar-refractivity contribution in [2.24, 2.45) is 0 Å². The highest BCUT2D eigenvalue weighted by molar-refractivity contribution is 7.13. The number of nitrogens with two attached hydrogens (primary N) is 1. The second kappa shape index (κ2) is 8.33. The average molecular weight is 481 g/mol. The maximum atomic E-state index is 14.1. The number of hydrogen-bond acceptors (Lipinski definition) is 7. The number of benzene rings is 1. The van der Waals surface area contributed by atoms with Gasteiger partial charge in [0.25, 0.3) is 0 Å². The van der Waals surface area contributed by atoms with Gasteiger partial charge in [0.15, 0.2) is 11.5 Å². The number of fused-ring (bicyclic) bond motifs is 3. The summed E-state index contributed by atoms with van der Waals surface area (Å²) in [5, 5.41) is 7.43. The quantitative estimate of drug-likeness (QED) is 0.415. The van der Waals surface area contributed by atoms with Crippen molar-refractivity contribution in [3.05, 3.63) is 59.6 Å². The number of nitrogens with zero attached hydrogens (tertiary/aromatic N) is 7. The highest BCUT2D eigenvalue weighted by Crippen LogP contribution is 2.27. The van der Waals surface area contributed by atoms with E-state index < -0.39 is 11.6 Å². The Kier molecular flexibility index (Phi) is 5.15. The van der Waals surface area contributed by atoms with E-state index in [2.05, 4.69) is 19.5 Å². The fourth-order valence-corrected chi connectivity index (χ4v) is 5.11. The van der Waals surface area contributed by atoms with Gasteiger partial charge in [-0.2, -0.15) is 9.50 Å². The Morgan fingerprint density at radius 3 is 2.59 bits per heavy atom. The van der Waals surface area contributed by atoms with Crippen molar-refractivity contribution in [3.8, 4) is 10.7 Å². The van der Waals surface area contributed by atoms with Gasteiger partial charge < -0.3 is 15.2 Å². The summed E-state index contributed by atoms with van der Waals surface area (Å²) in [4.78, 5) is 14.6. The predicted octanol–water partition coefficient (Wildman–Crippen LogP) is 3.49. The normalized spacial score (nSPS) is 15.1. The minimum atomic E-state index is -0.556. The van der Waals surface area contributed by atoms with Crippen LogP contribution in [0.3, 0.4) is 0 Å². The Bertz CT molecular complexity index is 1470. The molecule has 0 aliphatic carbocycles. The lowest BCUT2D eigenvalue weighted by Gasteiger charge is -2.36. The third-order valence-electron chi connectivity index (χ3n) is 6.24. The maximum absolute atomic E-state index is 14.1. The van der Waals surface area contributed by atoms with Gasteiger partial charge in [-0.1, -0.05) is 6.07 Å². The van der Waals surface area contributed by atoms with Gasteiger partial charge in [0.1, 0.15) is 17.3 Å². The molecule has 5 heterocycles. The van der Waals surface area contributed by atoms with Crippen LogP contribution in [-0.2, 0) is 6.54 Å². The zero-order chi connectivity index (χ0) is 23.2. The standard InChI is InChI=1S/C23H22F2N8S/c24-15-3-4-18(17(25)14-15)31-10-7-30(8-11-31)9-12-32-6-5-16-21(32)28-23(26)33-22(16)27-20(29-33)19-2-1-13-34-19/h1-6,13-14H,7-12H2,(H2,26,28). The lowest BCUT2D eigenvalue weighted by atomic mass is 10.2. The fraction of sp³-hybridized carbons (Fsp3) is 0.261. The van der Waals surface area contributed by atoms with E-state index in [0.29, 0.717) is 36.2 Å². The minimum absolute atomic E-state index is 0.299. The summed E-state index contributed by atoms with van der Waals surface area (Å²) < 4.78 is 31.0. The molecular weight excluding hydrogens is 458 g/mol. The lowest BCUT2D eigenvalue weighted by molar-refractivity contribution is 0.248. The first-order chi connectivity index (χ1) is 16.6. The molecule has 1 aromatic carbocycles. The summed E-state index contributed by atoms with van der Waals surface area (Å²) in [6, 6.07) is 9.70. The Morgan fingerprint density at radius 2 is 1.82 bits per heavy atom. The van der Waals surface area contributed by atoms with Crippen molar-refractivity contribution in [1.29, 1.82) is 0 Å². The van der Waals surface area contributed by atoms with Crippen molar-refractivity contribution < 1.29 is 8.78 Å². The Labute approximate surface area is 197 Å². The second-order valence-corrected chi connectivity index (χ2v) is 9.24. The molecule has 0 bridgehead atoms. The molecule has 0 spiro atoms. The summed E-state index contributed by atoms with van der Waals surface area (Å²) in [6.45, 7) is 4.53. The van der Waals surface area contributed by atoms with E-state index in [9.17, 15) is 8.78 Å². The first-order valence-electron chi connectivity index (χ1n) is 11.0. The van der Waals surface area contributed by atoms with Crippen molar-refractivity contribution in [1.82, 2.24) is 29.0 Å². The minimum Gasteiger partial charge on any atom is -0.368 e. The lowest BCUT2D eigenvalue weighted by Crippen LogP contribution is -2.47. The van der Waals surface area contributed by atoms with Crippen LogP contribution in [0.25, 0.3) is 27.4 Å². The van der Waals surface area contributed by atoms with E-state index in [1.54, 1.807) is 15.9 Å². The number of hydrogen-bond donors (Lipinski definition) is 1. The maximum Gasteiger partial charge on any atom is 0.225 e. The molecule has 1 saturated heterocycles. The molecule has 0 unspecified atom stereocenters. The largest absolute Gasteiger partial charge is 0.368 e. The van der Waals surface area contributed by atoms with Crippen LogP contribution >= 0.6 is 11.3 Å². The Balaban J connectivity index is 1.17. The van der Waals surface area contributed by atoms with E-state index in [-0.39, 0.29) is 0 Å². The molecule has 0 radical (unpaired) electrons.